The third kappa shape index (κ3) is 4.82. The summed E-state index contributed by atoms with van der Waals surface area (Å²) in [5, 5.41) is 12.0. The zero-order valence-corrected chi connectivity index (χ0v) is 18.0. The normalized spacial score (nSPS) is 12.4. The lowest BCUT2D eigenvalue weighted by atomic mass is 10.1. The highest BCUT2D eigenvalue weighted by atomic mass is 16.6. The number of amides is 1. The van der Waals surface area contributed by atoms with Crippen molar-refractivity contribution < 1.29 is 19.4 Å². The van der Waals surface area contributed by atoms with Gasteiger partial charge in [-0.1, -0.05) is 6.07 Å². The van der Waals surface area contributed by atoms with Crippen LogP contribution in [-0.2, 0) is 23.0 Å². The fourth-order valence-electron chi connectivity index (χ4n) is 3.05. The van der Waals surface area contributed by atoms with Crippen molar-refractivity contribution >= 4 is 23.0 Å². The molecule has 2 N–H and O–H groups in total. The van der Waals surface area contributed by atoms with Crippen LogP contribution in [0.3, 0.4) is 0 Å². The van der Waals surface area contributed by atoms with Crippen LogP contribution in [0, 0.1) is 0 Å². The quantitative estimate of drug-likeness (QED) is 0.596. The molecule has 0 radical (unpaired) electrons. The third-order valence-corrected chi connectivity index (χ3v) is 4.54. The second-order valence-corrected chi connectivity index (χ2v) is 8.14. The molecule has 1 atom stereocenters. The van der Waals surface area contributed by atoms with E-state index < -0.39 is 35.0 Å². The zero-order chi connectivity index (χ0) is 23.6. The molecule has 0 spiro atoms. The molecule has 0 fully saturated rings. The van der Waals surface area contributed by atoms with E-state index in [9.17, 15) is 24.3 Å². The van der Waals surface area contributed by atoms with Crippen LogP contribution in [-0.4, -0.2) is 47.9 Å². The topological polar surface area (TPSA) is 145 Å². The third-order valence-electron chi connectivity index (χ3n) is 4.54. The summed E-state index contributed by atoms with van der Waals surface area (Å²) in [5.74, 6) is -1.15. The number of rotatable bonds is 5. The lowest BCUT2D eigenvalue weighted by Crippen LogP contribution is -2.44. The fourth-order valence-corrected chi connectivity index (χ4v) is 3.05. The first-order chi connectivity index (χ1) is 15.0. The van der Waals surface area contributed by atoms with E-state index in [1.165, 1.54) is 48.4 Å². The standard InChI is InChI=1S/C21H23N5O6/c1-21(2,3)32-19(30)24-14(18(28)29)9-12-5-6-16(23-10-12)26-17(27)13-7-8-22-11-15(13)25(4)20(26)31/h5-8,10-11,14H,9H2,1-4H3,(H,24,30)(H,28,29). The summed E-state index contributed by atoms with van der Waals surface area (Å²) in [5.41, 5.74) is -1.03. The molecule has 11 heteroatoms. The van der Waals surface area contributed by atoms with E-state index in [-0.39, 0.29) is 12.2 Å². The molecular formula is C21H23N5O6. The fraction of sp³-hybridized carbons (Fsp3) is 0.333. The van der Waals surface area contributed by atoms with E-state index in [0.29, 0.717) is 16.5 Å². The Morgan fingerprint density at radius 1 is 1.19 bits per heavy atom. The zero-order valence-electron chi connectivity index (χ0n) is 18.0. The summed E-state index contributed by atoms with van der Waals surface area (Å²) in [6, 6.07) is 3.25. The van der Waals surface area contributed by atoms with Gasteiger partial charge in [0.15, 0.2) is 0 Å². The number of carbonyl (C=O) groups is 2. The SMILES string of the molecule is Cn1c(=O)n(-c2ccc(CC(NC(=O)OC(C)(C)C)C(=O)O)cn2)c(=O)c2ccncc21. The highest BCUT2D eigenvalue weighted by Crippen LogP contribution is 2.10. The second-order valence-electron chi connectivity index (χ2n) is 8.14. The summed E-state index contributed by atoms with van der Waals surface area (Å²) in [7, 11) is 1.52. The van der Waals surface area contributed by atoms with Gasteiger partial charge in [-0.3, -0.25) is 14.3 Å². The van der Waals surface area contributed by atoms with Crippen LogP contribution in [0.5, 0.6) is 0 Å². The van der Waals surface area contributed by atoms with Crippen LogP contribution in [0.2, 0.25) is 0 Å². The van der Waals surface area contributed by atoms with Gasteiger partial charge < -0.3 is 15.2 Å². The number of alkyl carbamates (subject to hydrolysis) is 1. The molecule has 32 heavy (non-hydrogen) atoms. The van der Waals surface area contributed by atoms with Crippen LogP contribution in [0.25, 0.3) is 16.7 Å². The number of hydrogen-bond acceptors (Lipinski definition) is 7. The molecule has 0 aromatic carbocycles. The monoisotopic (exact) mass is 441 g/mol. The molecule has 1 unspecified atom stereocenters. The predicted molar refractivity (Wildman–Crippen MR) is 115 cm³/mol. The number of carboxylic acids is 1. The molecule has 0 bridgehead atoms. The number of fused-ring (bicyclic) bond motifs is 1. The molecule has 0 aliphatic rings. The molecule has 0 saturated carbocycles. The Balaban J connectivity index is 1.88. The molecular weight excluding hydrogens is 418 g/mol. The summed E-state index contributed by atoms with van der Waals surface area (Å²) < 4.78 is 7.32. The van der Waals surface area contributed by atoms with Gasteiger partial charge in [-0.15, -0.1) is 0 Å². The van der Waals surface area contributed by atoms with Gasteiger partial charge in [0.25, 0.3) is 5.56 Å². The van der Waals surface area contributed by atoms with Gasteiger partial charge in [0.2, 0.25) is 0 Å². The minimum Gasteiger partial charge on any atom is -0.480 e. The van der Waals surface area contributed by atoms with Crippen molar-refractivity contribution in [3.8, 4) is 5.82 Å². The number of carboxylic acid groups (broad SMARTS) is 1. The maximum atomic E-state index is 12.8. The van der Waals surface area contributed by atoms with E-state index in [1.54, 1.807) is 20.8 Å². The van der Waals surface area contributed by atoms with Gasteiger partial charge in [-0.25, -0.2) is 23.9 Å². The van der Waals surface area contributed by atoms with Crippen LogP contribution < -0.4 is 16.6 Å². The van der Waals surface area contributed by atoms with Crippen molar-refractivity contribution in [2.45, 2.75) is 38.8 Å². The van der Waals surface area contributed by atoms with Crippen molar-refractivity contribution in [3.05, 3.63) is 63.2 Å². The number of nitrogens with zero attached hydrogens (tertiary/aromatic N) is 4. The molecule has 3 aromatic heterocycles. The van der Waals surface area contributed by atoms with Gasteiger partial charge in [-0.2, -0.15) is 0 Å². The number of carbonyl (C=O) groups excluding carboxylic acids is 1. The van der Waals surface area contributed by atoms with Crippen molar-refractivity contribution in [2.24, 2.45) is 7.05 Å². The van der Waals surface area contributed by atoms with Crippen molar-refractivity contribution in [3.63, 3.8) is 0 Å². The average Bonchev–Trinajstić information content (AvgIpc) is 2.71. The maximum Gasteiger partial charge on any atom is 0.408 e. The number of hydrogen-bond donors (Lipinski definition) is 2. The minimum absolute atomic E-state index is 0.0713. The van der Waals surface area contributed by atoms with E-state index in [1.807, 2.05) is 0 Å². The molecule has 168 valence electrons. The second kappa shape index (κ2) is 8.61. The van der Waals surface area contributed by atoms with Crippen LogP contribution in [0.15, 0.2) is 46.4 Å². The van der Waals surface area contributed by atoms with E-state index in [4.69, 9.17) is 4.74 Å². The first-order valence-electron chi connectivity index (χ1n) is 9.71. The van der Waals surface area contributed by atoms with E-state index in [0.717, 1.165) is 4.57 Å². The summed E-state index contributed by atoms with van der Waals surface area (Å²) in [4.78, 5) is 57.1. The maximum absolute atomic E-state index is 12.8. The van der Waals surface area contributed by atoms with Gasteiger partial charge in [0.1, 0.15) is 17.5 Å². The first kappa shape index (κ1) is 22.7. The predicted octanol–water partition coefficient (Wildman–Crippen LogP) is 1.000. The molecule has 0 aliphatic carbocycles. The molecule has 3 rings (SSSR count). The van der Waals surface area contributed by atoms with Crippen LogP contribution >= 0.6 is 0 Å². The van der Waals surface area contributed by atoms with Crippen LogP contribution in [0.1, 0.15) is 26.3 Å². The Morgan fingerprint density at radius 3 is 2.50 bits per heavy atom. The molecule has 11 nitrogen and oxygen atoms in total. The lowest BCUT2D eigenvalue weighted by Gasteiger charge is -2.22. The number of aryl methyl sites for hydroxylation is 1. The molecule has 0 aliphatic heterocycles. The Kier molecular flexibility index (Phi) is 6.10. The van der Waals surface area contributed by atoms with Gasteiger partial charge in [0.05, 0.1) is 17.1 Å². The summed E-state index contributed by atoms with van der Waals surface area (Å²) >= 11 is 0. The summed E-state index contributed by atoms with van der Waals surface area (Å²) in [6.45, 7) is 5.00. The van der Waals surface area contributed by atoms with Crippen molar-refractivity contribution in [1.82, 2.24) is 24.4 Å². The number of aromatic nitrogens is 4. The average molecular weight is 441 g/mol. The van der Waals surface area contributed by atoms with Crippen molar-refractivity contribution in [2.75, 3.05) is 0 Å². The highest BCUT2D eigenvalue weighted by molar-refractivity contribution is 5.80. The van der Waals surface area contributed by atoms with Crippen LogP contribution in [0.4, 0.5) is 4.79 Å². The molecule has 3 heterocycles. The van der Waals surface area contributed by atoms with E-state index >= 15 is 0 Å². The minimum atomic E-state index is -1.25. The number of nitrogens with one attached hydrogen (secondary N) is 1. The van der Waals surface area contributed by atoms with Crippen molar-refractivity contribution in [1.29, 1.82) is 0 Å². The smallest absolute Gasteiger partial charge is 0.408 e. The van der Waals surface area contributed by atoms with Gasteiger partial charge in [-0.05, 0) is 38.5 Å². The summed E-state index contributed by atoms with van der Waals surface area (Å²) in [6.07, 6.45) is 3.32. The Labute approximate surface area is 182 Å². The Morgan fingerprint density at radius 2 is 1.91 bits per heavy atom. The first-order valence-corrected chi connectivity index (χ1v) is 9.71. The highest BCUT2D eigenvalue weighted by Gasteiger charge is 2.24. The molecule has 3 aromatic rings. The number of ether oxygens (including phenoxy) is 1. The van der Waals surface area contributed by atoms with Gasteiger partial charge in [0, 0.05) is 25.9 Å². The molecule has 1 amide bonds. The number of pyridine rings is 2. The largest absolute Gasteiger partial charge is 0.480 e. The lowest BCUT2D eigenvalue weighted by molar-refractivity contribution is -0.139. The Hall–Kier alpha value is -4.02. The van der Waals surface area contributed by atoms with Gasteiger partial charge >= 0.3 is 17.8 Å². The molecule has 0 saturated heterocycles. The van der Waals surface area contributed by atoms with E-state index in [2.05, 4.69) is 15.3 Å². The Bertz CT molecular complexity index is 1290. The number of aliphatic carboxylic acids is 1.